The summed E-state index contributed by atoms with van der Waals surface area (Å²) >= 11 is 0. The number of phenolic OH excluding ortho intramolecular Hbond substituents is 1. The summed E-state index contributed by atoms with van der Waals surface area (Å²) in [6, 6.07) is 9.57. The monoisotopic (exact) mass is 393 g/mol. The van der Waals surface area contributed by atoms with Gasteiger partial charge in [0, 0.05) is 21.8 Å². The smallest absolute Gasteiger partial charge is 0.299 e. The second kappa shape index (κ2) is 4.95. The van der Waals surface area contributed by atoms with Crippen molar-refractivity contribution in [2.45, 2.75) is 9.79 Å². The Morgan fingerprint density at radius 2 is 1.38 bits per heavy atom. The molecule has 4 aromatic rings. The largest absolute Gasteiger partial charge is 0.506 e. The number of nitrogen functional groups attached to an aromatic ring is 1. The molecular weight excluding hydrogens is 382 g/mol. The van der Waals surface area contributed by atoms with E-state index in [2.05, 4.69) is 0 Å². The van der Waals surface area contributed by atoms with E-state index in [1.807, 2.05) is 0 Å². The lowest BCUT2D eigenvalue weighted by Gasteiger charge is -2.18. The molecule has 10 heteroatoms. The highest BCUT2D eigenvalue weighted by Crippen LogP contribution is 2.48. The van der Waals surface area contributed by atoms with Crippen molar-refractivity contribution in [1.82, 2.24) is 0 Å². The molecule has 0 amide bonds. The van der Waals surface area contributed by atoms with Gasteiger partial charge in [0.05, 0.1) is 0 Å². The van der Waals surface area contributed by atoms with Gasteiger partial charge in [-0.1, -0.05) is 30.3 Å². The highest BCUT2D eigenvalue weighted by Gasteiger charge is 2.33. The Kier molecular flexibility index (Phi) is 3.20. The molecule has 0 spiro atoms. The maximum Gasteiger partial charge on any atom is 0.299 e. The average molecular weight is 393 g/mol. The highest BCUT2D eigenvalue weighted by atomic mass is 32.2. The Bertz CT molecular complexity index is 1440. The Hall–Kier alpha value is -2.66. The summed E-state index contributed by atoms with van der Waals surface area (Å²) in [7, 11) is -10.3. The summed E-state index contributed by atoms with van der Waals surface area (Å²) in [6.45, 7) is 0. The van der Waals surface area contributed by atoms with E-state index in [0.29, 0.717) is 16.2 Å². The third-order valence-corrected chi connectivity index (χ3v) is 6.33. The van der Waals surface area contributed by atoms with Crippen LogP contribution in [-0.2, 0) is 20.2 Å². The van der Waals surface area contributed by atoms with E-state index in [9.17, 15) is 31.0 Å². The maximum absolute atomic E-state index is 11.9. The molecule has 8 nitrogen and oxygen atoms in total. The number of phenols is 1. The third kappa shape index (κ3) is 2.13. The predicted octanol–water partition coefficient (Wildman–Crippen LogP) is 2.37. The van der Waals surface area contributed by atoms with Crippen molar-refractivity contribution in [3.8, 4) is 5.75 Å². The molecule has 0 heterocycles. The first-order valence-corrected chi connectivity index (χ1v) is 10.1. The number of anilines is 1. The van der Waals surface area contributed by atoms with Gasteiger partial charge in [0.2, 0.25) is 0 Å². The highest BCUT2D eigenvalue weighted by molar-refractivity contribution is 7.89. The number of aromatic hydroxyl groups is 1. The minimum absolute atomic E-state index is 0.00881. The summed E-state index contributed by atoms with van der Waals surface area (Å²) in [4.78, 5) is -2.40. The van der Waals surface area contributed by atoms with E-state index in [1.54, 1.807) is 24.3 Å². The number of benzene rings is 4. The predicted molar refractivity (Wildman–Crippen MR) is 95.9 cm³/mol. The molecule has 0 saturated carbocycles. The van der Waals surface area contributed by atoms with E-state index in [-0.39, 0.29) is 21.8 Å². The van der Waals surface area contributed by atoms with Crippen LogP contribution in [0.25, 0.3) is 32.3 Å². The summed E-state index contributed by atoms with van der Waals surface area (Å²) in [5.41, 5.74) is 5.96. The molecular formula is C16H11NO7S2. The van der Waals surface area contributed by atoms with Gasteiger partial charge in [0.25, 0.3) is 20.2 Å². The van der Waals surface area contributed by atoms with Gasteiger partial charge < -0.3 is 10.8 Å². The molecule has 0 aliphatic carbocycles. The van der Waals surface area contributed by atoms with Gasteiger partial charge in [-0.3, -0.25) is 9.11 Å². The van der Waals surface area contributed by atoms with E-state index in [1.165, 1.54) is 12.1 Å². The Morgan fingerprint density at radius 3 is 2.00 bits per heavy atom. The Balaban J connectivity index is 2.52. The van der Waals surface area contributed by atoms with E-state index < -0.39 is 35.8 Å². The molecule has 0 unspecified atom stereocenters. The second-order valence-electron chi connectivity index (χ2n) is 5.87. The van der Waals surface area contributed by atoms with Crippen molar-refractivity contribution in [2.75, 3.05) is 5.73 Å². The van der Waals surface area contributed by atoms with Crippen molar-refractivity contribution in [2.24, 2.45) is 0 Å². The van der Waals surface area contributed by atoms with Crippen LogP contribution in [0.15, 0.2) is 46.2 Å². The lowest BCUT2D eigenvalue weighted by Crippen LogP contribution is -2.10. The van der Waals surface area contributed by atoms with Crippen molar-refractivity contribution < 1.29 is 31.0 Å². The molecule has 4 rings (SSSR count). The van der Waals surface area contributed by atoms with E-state index in [0.717, 1.165) is 0 Å². The molecule has 5 N–H and O–H groups in total. The minimum atomic E-state index is -5.20. The van der Waals surface area contributed by atoms with Crippen LogP contribution in [0.4, 0.5) is 5.69 Å². The van der Waals surface area contributed by atoms with Crippen LogP contribution in [0.5, 0.6) is 5.75 Å². The quantitative estimate of drug-likeness (QED) is 0.230. The summed E-state index contributed by atoms with van der Waals surface area (Å²) < 4.78 is 66.5. The van der Waals surface area contributed by atoms with Crippen LogP contribution >= 0.6 is 0 Å². The van der Waals surface area contributed by atoms with Crippen molar-refractivity contribution in [1.29, 1.82) is 0 Å². The van der Waals surface area contributed by atoms with Crippen LogP contribution in [0.2, 0.25) is 0 Å². The normalized spacial score (nSPS) is 13.2. The van der Waals surface area contributed by atoms with E-state index >= 15 is 0 Å². The lowest BCUT2D eigenvalue weighted by atomic mass is 9.93. The van der Waals surface area contributed by atoms with Crippen LogP contribution in [0.1, 0.15) is 0 Å². The van der Waals surface area contributed by atoms with Gasteiger partial charge in [-0.05, 0) is 22.2 Å². The minimum Gasteiger partial charge on any atom is -0.506 e. The van der Waals surface area contributed by atoms with Gasteiger partial charge in [-0.2, -0.15) is 16.8 Å². The van der Waals surface area contributed by atoms with Gasteiger partial charge in [-0.15, -0.1) is 0 Å². The summed E-state index contributed by atoms with van der Waals surface area (Å²) in [6.07, 6.45) is 0. The fourth-order valence-electron chi connectivity index (χ4n) is 3.45. The standard InChI is InChI=1S/C16H11NO7S2/c17-10-6-8-3-1-2-7-4-5-9-12(11(7)8)13(10)14(18)16(26(22,23)24)15(9)25(19,20)21/h1-6,18H,17H2,(H,19,20,21)(H,22,23,24). The third-order valence-electron chi connectivity index (χ3n) is 4.35. The first kappa shape index (κ1) is 16.8. The molecule has 0 atom stereocenters. The number of hydrogen-bond donors (Lipinski definition) is 4. The molecule has 4 aromatic carbocycles. The maximum atomic E-state index is 11.9. The second-order valence-corrected chi connectivity index (χ2v) is 8.58. The zero-order valence-electron chi connectivity index (χ0n) is 12.8. The van der Waals surface area contributed by atoms with Gasteiger partial charge in [-0.25, -0.2) is 0 Å². The van der Waals surface area contributed by atoms with Gasteiger partial charge in [0.1, 0.15) is 10.6 Å². The Morgan fingerprint density at radius 1 is 0.769 bits per heavy atom. The van der Waals surface area contributed by atoms with Crippen LogP contribution in [-0.4, -0.2) is 31.0 Å². The van der Waals surface area contributed by atoms with Crippen molar-refractivity contribution >= 4 is 58.2 Å². The summed E-state index contributed by atoms with van der Waals surface area (Å²) in [5, 5.41) is 12.2. The van der Waals surface area contributed by atoms with Crippen LogP contribution < -0.4 is 5.73 Å². The molecule has 0 aliphatic heterocycles. The molecule has 0 saturated heterocycles. The zero-order chi connectivity index (χ0) is 19.0. The molecule has 0 bridgehead atoms. The number of rotatable bonds is 2. The first-order chi connectivity index (χ1) is 12.0. The Labute approximate surface area is 147 Å². The number of hydrogen-bond acceptors (Lipinski definition) is 6. The van der Waals surface area contributed by atoms with Crippen molar-refractivity contribution in [3.63, 3.8) is 0 Å². The molecule has 0 aromatic heterocycles. The average Bonchev–Trinajstić information content (AvgIpc) is 2.51. The molecule has 134 valence electrons. The van der Waals surface area contributed by atoms with Gasteiger partial charge >= 0.3 is 0 Å². The SMILES string of the molecule is Nc1cc2cccc3ccc4c(S(=O)(=O)O)c(S(=O)(=O)O)c(O)c1c4c32. The van der Waals surface area contributed by atoms with Gasteiger partial charge in [0.15, 0.2) is 4.90 Å². The zero-order valence-corrected chi connectivity index (χ0v) is 14.5. The fourth-order valence-corrected chi connectivity index (χ4v) is 5.56. The van der Waals surface area contributed by atoms with Crippen LogP contribution in [0.3, 0.4) is 0 Å². The lowest BCUT2D eigenvalue weighted by molar-refractivity contribution is 0.436. The molecule has 0 fully saturated rings. The summed E-state index contributed by atoms with van der Waals surface area (Å²) in [5.74, 6) is -1.04. The molecule has 26 heavy (non-hydrogen) atoms. The molecule has 0 aliphatic rings. The molecule has 0 radical (unpaired) electrons. The van der Waals surface area contributed by atoms with E-state index in [4.69, 9.17) is 5.73 Å². The van der Waals surface area contributed by atoms with Crippen molar-refractivity contribution in [3.05, 3.63) is 36.4 Å². The van der Waals surface area contributed by atoms with Crippen LogP contribution in [0, 0.1) is 0 Å². The number of nitrogens with two attached hydrogens (primary N) is 1. The fraction of sp³-hybridized carbons (Fsp3) is 0. The topological polar surface area (TPSA) is 155 Å². The first-order valence-electron chi connectivity index (χ1n) is 7.18.